The number of benzene rings is 2. The van der Waals surface area contributed by atoms with Gasteiger partial charge in [-0.3, -0.25) is 4.79 Å². The normalized spacial score (nSPS) is 21.1. The van der Waals surface area contributed by atoms with Crippen LogP contribution >= 0.6 is 23.1 Å². The maximum atomic E-state index is 13.5. The Morgan fingerprint density at radius 2 is 1.93 bits per heavy atom. The van der Waals surface area contributed by atoms with Crippen LogP contribution in [0.2, 0.25) is 0 Å². The van der Waals surface area contributed by atoms with Crippen LogP contribution in [-0.2, 0) is 5.41 Å². The van der Waals surface area contributed by atoms with Crippen molar-refractivity contribution in [1.29, 1.82) is 0 Å². The Kier molecular flexibility index (Phi) is 3.92. The molecule has 0 amide bonds. The van der Waals surface area contributed by atoms with Gasteiger partial charge < -0.3 is 4.74 Å². The lowest BCUT2D eigenvalue weighted by Crippen LogP contribution is -2.34. The molecular weight excluding hydrogens is 372 g/mol. The van der Waals surface area contributed by atoms with E-state index in [4.69, 9.17) is 4.74 Å². The summed E-state index contributed by atoms with van der Waals surface area (Å²) < 4.78 is 8.37. The van der Waals surface area contributed by atoms with E-state index in [1.165, 1.54) is 15.3 Å². The van der Waals surface area contributed by atoms with Gasteiger partial charge in [-0.25, -0.2) is 0 Å². The van der Waals surface area contributed by atoms with Crippen LogP contribution in [0, 0.1) is 5.92 Å². The Balaban J connectivity index is 1.78. The molecule has 1 aromatic heterocycles. The van der Waals surface area contributed by atoms with Gasteiger partial charge in [0.25, 0.3) is 0 Å². The highest BCUT2D eigenvalue weighted by atomic mass is 32.2. The Hall–Kier alpha value is -1.78. The zero-order valence-corrected chi connectivity index (χ0v) is 17.4. The first-order valence-corrected chi connectivity index (χ1v) is 11.2. The van der Waals surface area contributed by atoms with Gasteiger partial charge in [0.1, 0.15) is 5.75 Å². The molecule has 2 atom stereocenters. The first kappa shape index (κ1) is 17.3. The number of fused-ring (bicyclic) bond motifs is 6. The molecule has 2 aliphatic heterocycles. The van der Waals surface area contributed by atoms with Gasteiger partial charge in [0, 0.05) is 38.8 Å². The van der Waals surface area contributed by atoms with Crippen molar-refractivity contribution < 1.29 is 4.74 Å². The zero-order chi connectivity index (χ0) is 18.8. The Bertz CT molecular complexity index is 1110. The number of thioether (sulfide) groups is 1. The summed E-state index contributed by atoms with van der Waals surface area (Å²) in [4.78, 5) is 13.5. The van der Waals surface area contributed by atoms with Crippen LogP contribution < -0.4 is 10.2 Å². The first-order valence-electron chi connectivity index (χ1n) is 9.39. The average Bonchev–Trinajstić information content (AvgIpc) is 2.66. The minimum Gasteiger partial charge on any atom is -0.493 e. The Morgan fingerprint density at radius 1 is 1.11 bits per heavy atom. The SMILES string of the molecule is CC(C)(C)c1ccc2c(c1)[C@H]1c3c(sc4ccccc4c3=O)SC[C@H]1CO2. The topological polar surface area (TPSA) is 26.3 Å². The van der Waals surface area contributed by atoms with Gasteiger partial charge in [0.15, 0.2) is 5.43 Å². The van der Waals surface area contributed by atoms with Crippen LogP contribution in [0.1, 0.15) is 43.4 Å². The third kappa shape index (κ3) is 2.73. The number of rotatable bonds is 0. The van der Waals surface area contributed by atoms with Gasteiger partial charge in [-0.2, -0.15) is 0 Å². The van der Waals surface area contributed by atoms with Gasteiger partial charge in [0.2, 0.25) is 0 Å². The molecule has 4 heteroatoms. The maximum Gasteiger partial charge on any atom is 0.193 e. The second-order valence-corrected chi connectivity index (χ2v) is 10.8. The molecule has 3 heterocycles. The van der Waals surface area contributed by atoms with Crippen LogP contribution in [0.15, 0.2) is 51.5 Å². The van der Waals surface area contributed by atoms with E-state index in [9.17, 15) is 4.79 Å². The molecule has 0 unspecified atom stereocenters. The molecule has 27 heavy (non-hydrogen) atoms. The number of hydrogen-bond acceptors (Lipinski definition) is 4. The van der Waals surface area contributed by atoms with E-state index in [-0.39, 0.29) is 16.8 Å². The lowest BCUT2D eigenvalue weighted by Gasteiger charge is -2.38. The predicted octanol–water partition coefficient (Wildman–Crippen LogP) is 5.81. The van der Waals surface area contributed by atoms with Crippen LogP contribution in [0.25, 0.3) is 10.1 Å². The van der Waals surface area contributed by atoms with Crippen molar-refractivity contribution in [2.24, 2.45) is 5.92 Å². The van der Waals surface area contributed by atoms with E-state index in [0.29, 0.717) is 12.5 Å². The van der Waals surface area contributed by atoms with Crippen molar-refractivity contribution in [2.75, 3.05) is 12.4 Å². The molecule has 5 rings (SSSR count). The highest BCUT2D eigenvalue weighted by Crippen LogP contribution is 2.50. The van der Waals surface area contributed by atoms with Gasteiger partial charge in [-0.15, -0.1) is 23.1 Å². The highest BCUT2D eigenvalue weighted by molar-refractivity contribution is 8.01. The van der Waals surface area contributed by atoms with E-state index < -0.39 is 0 Å². The standard InChI is InChI=1S/C23H22O2S2/c1-23(2,3)14-8-9-17-16(10-14)19-13(11-25-17)12-26-22-20(19)21(24)15-6-4-5-7-18(15)27-22/h4-10,13,19H,11-12H2,1-3H3/t13-,19+/m1/s1. The zero-order valence-electron chi connectivity index (χ0n) is 15.7. The minimum atomic E-state index is 0.0700. The molecule has 3 aromatic rings. The average molecular weight is 395 g/mol. The van der Waals surface area contributed by atoms with Gasteiger partial charge in [0.05, 0.1) is 10.8 Å². The van der Waals surface area contributed by atoms with Gasteiger partial charge in [-0.05, 0) is 29.2 Å². The van der Waals surface area contributed by atoms with Gasteiger partial charge >= 0.3 is 0 Å². The summed E-state index contributed by atoms with van der Waals surface area (Å²) in [5.41, 5.74) is 3.76. The fourth-order valence-electron chi connectivity index (χ4n) is 4.17. The third-order valence-electron chi connectivity index (χ3n) is 5.67. The largest absolute Gasteiger partial charge is 0.493 e. The molecule has 0 N–H and O–H groups in total. The Morgan fingerprint density at radius 3 is 2.74 bits per heavy atom. The molecule has 2 nitrogen and oxygen atoms in total. The predicted molar refractivity (Wildman–Crippen MR) is 115 cm³/mol. The molecule has 2 aromatic carbocycles. The van der Waals surface area contributed by atoms with Crippen molar-refractivity contribution in [3.05, 3.63) is 69.4 Å². The maximum absolute atomic E-state index is 13.5. The monoisotopic (exact) mass is 394 g/mol. The summed E-state index contributed by atoms with van der Waals surface area (Å²) in [5, 5.41) is 0.850. The van der Waals surface area contributed by atoms with Crippen LogP contribution in [0.3, 0.4) is 0 Å². The lowest BCUT2D eigenvalue weighted by atomic mass is 9.77. The summed E-state index contributed by atoms with van der Waals surface area (Å²) in [6.45, 7) is 7.38. The van der Waals surface area contributed by atoms with Crippen molar-refractivity contribution in [3.8, 4) is 5.75 Å². The number of ether oxygens (including phenoxy) is 1. The minimum absolute atomic E-state index is 0.0700. The van der Waals surface area contributed by atoms with E-state index in [1.807, 2.05) is 30.0 Å². The first-order chi connectivity index (χ1) is 12.9. The lowest BCUT2D eigenvalue weighted by molar-refractivity contribution is 0.218. The molecule has 2 aliphatic rings. The van der Waals surface area contributed by atoms with E-state index in [0.717, 1.165) is 27.2 Å². The summed E-state index contributed by atoms with van der Waals surface area (Å²) in [7, 11) is 0. The highest BCUT2D eigenvalue weighted by Gasteiger charge is 2.39. The molecule has 0 spiro atoms. The van der Waals surface area contributed by atoms with Gasteiger partial charge in [-0.1, -0.05) is 45.0 Å². The molecule has 0 aliphatic carbocycles. The molecule has 0 fully saturated rings. The quantitative estimate of drug-likeness (QED) is 0.482. The van der Waals surface area contributed by atoms with Crippen molar-refractivity contribution in [2.45, 2.75) is 36.3 Å². The fraction of sp³-hybridized carbons (Fsp3) is 0.348. The van der Waals surface area contributed by atoms with E-state index in [2.05, 4.69) is 45.0 Å². The van der Waals surface area contributed by atoms with Crippen molar-refractivity contribution in [1.82, 2.24) is 0 Å². The van der Waals surface area contributed by atoms with Crippen LogP contribution in [-0.4, -0.2) is 12.4 Å². The second kappa shape index (κ2) is 6.11. The Labute approximate surface area is 167 Å². The molecule has 0 bridgehead atoms. The molecule has 0 saturated carbocycles. The summed E-state index contributed by atoms with van der Waals surface area (Å²) in [5.74, 6) is 2.44. The van der Waals surface area contributed by atoms with Crippen molar-refractivity contribution >= 4 is 33.2 Å². The molecular formula is C23H22O2S2. The van der Waals surface area contributed by atoms with E-state index >= 15 is 0 Å². The smallest absolute Gasteiger partial charge is 0.193 e. The summed E-state index contributed by atoms with van der Waals surface area (Å²) in [6.07, 6.45) is 0. The van der Waals surface area contributed by atoms with Crippen LogP contribution in [0.5, 0.6) is 5.75 Å². The van der Waals surface area contributed by atoms with Crippen molar-refractivity contribution in [3.63, 3.8) is 0 Å². The second-order valence-electron chi connectivity index (χ2n) is 8.49. The summed E-state index contributed by atoms with van der Waals surface area (Å²) >= 11 is 3.59. The summed E-state index contributed by atoms with van der Waals surface area (Å²) in [6, 6.07) is 14.6. The van der Waals surface area contributed by atoms with E-state index in [1.54, 1.807) is 11.3 Å². The number of hydrogen-bond donors (Lipinski definition) is 0. The molecule has 0 saturated heterocycles. The fourth-order valence-corrected chi connectivity index (χ4v) is 6.85. The molecule has 0 radical (unpaired) electrons. The molecule has 138 valence electrons. The third-order valence-corrected chi connectivity index (χ3v) is 8.34. The van der Waals surface area contributed by atoms with Crippen LogP contribution in [0.4, 0.5) is 0 Å².